The highest BCUT2D eigenvalue weighted by Gasteiger charge is 2.35. The molecule has 0 unspecified atom stereocenters. The van der Waals surface area contributed by atoms with E-state index in [-0.39, 0.29) is 11.5 Å². The Morgan fingerprint density at radius 3 is 2.48 bits per heavy atom. The molecule has 2 aromatic carbocycles. The number of hydrogen-bond acceptors (Lipinski definition) is 3. The van der Waals surface area contributed by atoms with Crippen molar-refractivity contribution in [2.24, 2.45) is 0 Å². The van der Waals surface area contributed by atoms with Gasteiger partial charge in [0.15, 0.2) is 11.6 Å². The molecular weight excluding hydrogens is 361 g/mol. The maximum Gasteiger partial charge on any atom is 0.426 e. The summed E-state index contributed by atoms with van der Waals surface area (Å²) in [6.07, 6.45) is 0.101. The molecule has 0 aromatic heterocycles. The molecule has 0 aliphatic rings. The number of halogens is 3. The summed E-state index contributed by atoms with van der Waals surface area (Å²) in [7, 11) is 0. The maximum atomic E-state index is 14.3. The summed E-state index contributed by atoms with van der Waals surface area (Å²) in [6, 6.07) is 8.28. The molecule has 1 N–H and O–H groups in total. The second-order valence-electron chi connectivity index (χ2n) is 5.71. The number of unbranched alkanes of at least 4 members (excludes halogenated alkanes) is 1. The summed E-state index contributed by atoms with van der Waals surface area (Å²) in [5.74, 6) is -2.24. The molecular formula is C20H19F3O4. The van der Waals surface area contributed by atoms with E-state index in [0.29, 0.717) is 18.2 Å². The molecule has 0 aliphatic carbocycles. The molecule has 0 amide bonds. The number of benzene rings is 2. The largest absolute Gasteiger partial charge is 0.491 e. The van der Waals surface area contributed by atoms with Crippen LogP contribution < -0.4 is 9.47 Å². The Morgan fingerprint density at radius 2 is 1.89 bits per heavy atom. The van der Waals surface area contributed by atoms with Crippen LogP contribution in [-0.4, -0.2) is 17.7 Å². The molecule has 0 heterocycles. The van der Waals surface area contributed by atoms with Gasteiger partial charge in [0.25, 0.3) is 0 Å². The van der Waals surface area contributed by atoms with Gasteiger partial charge in [-0.25, -0.2) is 9.18 Å². The Hall–Kier alpha value is -2.96. The zero-order valence-electron chi connectivity index (χ0n) is 14.6. The second-order valence-corrected chi connectivity index (χ2v) is 5.71. The molecule has 4 nitrogen and oxygen atoms in total. The van der Waals surface area contributed by atoms with Gasteiger partial charge in [0, 0.05) is 6.08 Å². The number of carboxylic acid groups (broad SMARTS) is 1. The molecule has 0 spiro atoms. The number of rotatable bonds is 9. The summed E-state index contributed by atoms with van der Waals surface area (Å²) in [5, 5.41) is 8.56. The van der Waals surface area contributed by atoms with Gasteiger partial charge in [-0.05, 0) is 48.4 Å². The van der Waals surface area contributed by atoms with Crippen molar-refractivity contribution < 1.29 is 32.5 Å². The van der Waals surface area contributed by atoms with Crippen LogP contribution in [0.15, 0.2) is 48.5 Å². The molecule has 7 heteroatoms. The lowest BCUT2D eigenvalue weighted by atomic mass is 10.2. The van der Waals surface area contributed by atoms with E-state index in [1.807, 2.05) is 6.92 Å². The van der Waals surface area contributed by atoms with Crippen LogP contribution in [0.5, 0.6) is 11.5 Å². The molecule has 144 valence electrons. The summed E-state index contributed by atoms with van der Waals surface area (Å²) in [4.78, 5) is 10.5. The molecule has 2 aromatic rings. The molecule has 0 bridgehead atoms. The SMILES string of the molecule is CCCCOc1ccc(C(F)(F)Oc2ccc(/C=C/C(=O)O)cc2)cc1F. The number of carboxylic acids is 1. The predicted octanol–water partition coefficient (Wildman–Crippen LogP) is 5.23. The number of carbonyl (C=O) groups is 1. The zero-order valence-corrected chi connectivity index (χ0v) is 14.6. The van der Waals surface area contributed by atoms with Gasteiger partial charge >= 0.3 is 12.1 Å². The smallest absolute Gasteiger partial charge is 0.426 e. The number of ether oxygens (including phenoxy) is 2. The van der Waals surface area contributed by atoms with Gasteiger partial charge in [-0.3, -0.25) is 0 Å². The van der Waals surface area contributed by atoms with E-state index in [4.69, 9.17) is 9.84 Å². The minimum Gasteiger partial charge on any atom is -0.491 e. The highest BCUT2D eigenvalue weighted by atomic mass is 19.3. The minimum absolute atomic E-state index is 0.0856. The van der Waals surface area contributed by atoms with Gasteiger partial charge < -0.3 is 14.6 Å². The third kappa shape index (κ3) is 6.06. The Balaban J connectivity index is 2.09. The predicted molar refractivity (Wildman–Crippen MR) is 94.4 cm³/mol. The Bertz CT molecular complexity index is 801. The molecule has 27 heavy (non-hydrogen) atoms. The van der Waals surface area contributed by atoms with E-state index in [1.54, 1.807) is 0 Å². The van der Waals surface area contributed by atoms with E-state index in [0.717, 1.165) is 31.1 Å². The molecule has 0 saturated carbocycles. The van der Waals surface area contributed by atoms with Crippen LogP contribution in [0.4, 0.5) is 13.2 Å². The molecule has 0 aliphatic heterocycles. The van der Waals surface area contributed by atoms with Crippen molar-refractivity contribution in [3.63, 3.8) is 0 Å². The van der Waals surface area contributed by atoms with Crippen molar-refractivity contribution in [2.45, 2.75) is 25.9 Å². The van der Waals surface area contributed by atoms with Crippen LogP contribution in [0.1, 0.15) is 30.9 Å². The second kappa shape index (κ2) is 9.12. The fourth-order valence-corrected chi connectivity index (χ4v) is 2.15. The van der Waals surface area contributed by atoms with Crippen LogP contribution >= 0.6 is 0 Å². The van der Waals surface area contributed by atoms with Crippen LogP contribution in [0.3, 0.4) is 0 Å². The van der Waals surface area contributed by atoms with Gasteiger partial charge in [0.1, 0.15) is 5.75 Å². The molecule has 2 rings (SSSR count). The van der Waals surface area contributed by atoms with E-state index >= 15 is 0 Å². The minimum atomic E-state index is -3.75. The summed E-state index contributed by atoms with van der Waals surface area (Å²) in [6.45, 7) is 2.26. The van der Waals surface area contributed by atoms with Gasteiger partial charge in [-0.2, -0.15) is 8.78 Å². The van der Waals surface area contributed by atoms with E-state index in [9.17, 15) is 18.0 Å². The van der Waals surface area contributed by atoms with E-state index in [2.05, 4.69) is 4.74 Å². The average molecular weight is 380 g/mol. The van der Waals surface area contributed by atoms with E-state index < -0.39 is 23.5 Å². The Kier molecular flexibility index (Phi) is 6.87. The number of aliphatic carboxylic acids is 1. The van der Waals surface area contributed by atoms with Crippen molar-refractivity contribution in [3.8, 4) is 11.5 Å². The first-order chi connectivity index (χ1) is 12.8. The van der Waals surface area contributed by atoms with Crippen LogP contribution in [0.2, 0.25) is 0 Å². The lowest BCUT2D eigenvalue weighted by molar-refractivity contribution is -0.185. The number of hydrogen-bond donors (Lipinski definition) is 1. The topological polar surface area (TPSA) is 55.8 Å². The van der Waals surface area contributed by atoms with Crippen molar-refractivity contribution in [2.75, 3.05) is 6.61 Å². The first kappa shape index (κ1) is 20.4. The summed E-state index contributed by atoms with van der Waals surface area (Å²) >= 11 is 0. The normalized spacial score (nSPS) is 11.6. The van der Waals surface area contributed by atoms with Crippen LogP contribution in [-0.2, 0) is 10.9 Å². The van der Waals surface area contributed by atoms with Crippen LogP contribution in [0, 0.1) is 5.82 Å². The van der Waals surface area contributed by atoms with Crippen LogP contribution in [0.25, 0.3) is 6.08 Å². The quantitative estimate of drug-likeness (QED) is 0.478. The highest BCUT2D eigenvalue weighted by Crippen LogP contribution is 2.33. The van der Waals surface area contributed by atoms with E-state index in [1.165, 1.54) is 30.3 Å². The summed E-state index contributed by atoms with van der Waals surface area (Å²) < 4.78 is 52.5. The fourth-order valence-electron chi connectivity index (χ4n) is 2.15. The van der Waals surface area contributed by atoms with Crippen molar-refractivity contribution in [1.82, 2.24) is 0 Å². The molecule has 0 saturated heterocycles. The molecule has 0 atom stereocenters. The lowest BCUT2D eigenvalue weighted by Gasteiger charge is -2.19. The highest BCUT2D eigenvalue weighted by molar-refractivity contribution is 5.85. The van der Waals surface area contributed by atoms with Crippen molar-refractivity contribution >= 4 is 12.0 Å². The summed E-state index contributed by atoms with van der Waals surface area (Å²) in [5.41, 5.74) is -0.134. The first-order valence-corrected chi connectivity index (χ1v) is 8.32. The number of alkyl halides is 2. The van der Waals surface area contributed by atoms with Gasteiger partial charge in [-0.1, -0.05) is 25.5 Å². The van der Waals surface area contributed by atoms with Crippen molar-refractivity contribution in [3.05, 3.63) is 65.5 Å². The standard InChI is InChI=1S/C20H19F3O4/c1-2-3-12-26-18-10-7-15(13-17(18)21)20(22,23)27-16-8-4-14(5-9-16)6-11-19(24)25/h4-11,13H,2-3,12H2,1H3,(H,24,25)/b11-6+. The monoisotopic (exact) mass is 380 g/mol. The maximum absolute atomic E-state index is 14.3. The first-order valence-electron chi connectivity index (χ1n) is 8.32. The Labute approximate surface area is 154 Å². The lowest BCUT2D eigenvalue weighted by Crippen LogP contribution is -2.22. The third-order valence-electron chi connectivity index (χ3n) is 3.57. The third-order valence-corrected chi connectivity index (χ3v) is 3.57. The zero-order chi connectivity index (χ0) is 19.9. The molecule has 0 radical (unpaired) electrons. The average Bonchev–Trinajstić information content (AvgIpc) is 2.62. The van der Waals surface area contributed by atoms with Gasteiger partial charge in [-0.15, -0.1) is 0 Å². The van der Waals surface area contributed by atoms with Gasteiger partial charge in [0.05, 0.1) is 12.2 Å². The fraction of sp³-hybridized carbons (Fsp3) is 0.250. The molecule has 0 fully saturated rings. The van der Waals surface area contributed by atoms with Crippen molar-refractivity contribution in [1.29, 1.82) is 0 Å². The Morgan fingerprint density at radius 1 is 1.19 bits per heavy atom. The van der Waals surface area contributed by atoms with Gasteiger partial charge in [0.2, 0.25) is 0 Å².